The van der Waals surface area contributed by atoms with Gasteiger partial charge < -0.3 is 4.90 Å². The second-order valence-corrected chi connectivity index (χ2v) is 8.96. The zero-order valence-electron chi connectivity index (χ0n) is 11.9. The molecule has 2 heterocycles. The van der Waals surface area contributed by atoms with Crippen molar-refractivity contribution in [1.82, 2.24) is 4.90 Å². The Bertz CT molecular complexity index is 449. The Morgan fingerprint density at radius 3 is 2.68 bits per heavy atom. The second-order valence-electron chi connectivity index (χ2n) is 6.41. The van der Waals surface area contributed by atoms with E-state index in [0.29, 0.717) is 23.7 Å². The molecule has 1 unspecified atom stereocenters. The number of amides is 1. The van der Waals surface area contributed by atoms with E-state index < -0.39 is 0 Å². The number of hydrogen-bond donors (Lipinski definition) is 0. The van der Waals surface area contributed by atoms with Crippen molar-refractivity contribution in [3.63, 3.8) is 0 Å². The summed E-state index contributed by atoms with van der Waals surface area (Å²) in [5.41, 5.74) is 0.308. The fraction of sp³-hybridized carbons (Fsp3) is 0.667. The number of hydrogen-bond acceptors (Lipinski definition) is 2. The minimum absolute atomic E-state index is 0.308. The number of thiophene rings is 1. The van der Waals surface area contributed by atoms with E-state index in [2.05, 4.69) is 48.8 Å². The Balaban J connectivity index is 2.00. The Kier molecular flexibility index (Phi) is 4.72. The minimum atomic E-state index is 0.308. The predicted octanol–water partition coefficient (Wildman–Crippen LogP) is 4.69. The molecule has 0 saturated carbocycles. The summed E-state index contributed by atoms with van der Waals surface area (Å²) in [6, 6.07) is 4.16. The number of rotatable bonds is 2. The van der Waals surface area contributed by atoms with Crippen LogP contribution in [0.1, 0.15) is 44.9 Å². The zero-order chi connectivity index (χ0) is 14.0. The molecule has 19 heavy (non-hydrogen) atoms. The molecular formula is C15H22BrNOS. The summed E-state index contributed by atoms with van der Waals surface area (Å²) < 4.78 is 1.14. The molecule has 1 aromatic rings. The average molecular weight is 344 g/mol. The maximum absolute atomic E-state index is 12.2. The SMILES string of the molecule is CC(C)(C)C1CCC(=O)N(Cc2ccc(Br)s2)CC1. The molecule has 1 aliphatic rings. The number of likely N-dealkylation sites (tertiary alicyclic amines) is 1. The highest BCUT2D eigenvalue weighted by molar-refractivity contribution is 9.11. The topological polar surface area (TPSA) is 20.3 Å². The highest BCUT2D eigenvalue weighted by atomic mass is 79.9. The Labute approximate surface area is 128 Å². The molecule has 4 heteroatoms. The van der Waals surface area contributed by atoms with Gasteiger partial charge in [-0.05, 0) is 52.2 Å². The smallest absolute Gasteiger partial charge is 0.222 e. The molecule has 0 aliphatic carbocycles. The first-order valence-corrected chi connectivity index (χ1v) is 8.49. The van der Waals surface area contributed by atoms with Gasteiger partial charge in [-0.2, -0.15) is 0 Å². The van der Waals surface area contributed by atoms with Gasteiger partial charge in [-0.15, -0.1) is 11.3 Å². The average Bonchev–Trinajstić information content (AvgIpc) is 2.61. The molecule has 1 aromatic heterocycles. The van der Waals surface area contributed by atoms with E-state index in [-0.39, 0.29) is 0 Å². The van der Waals surface area contributed by atoms with E-state index in [4.69, 9.17) is 0 Å². The Morgan fingerprint density at radius 1 is 1.37 bits per heavy atom. The van der Waals surface area contributed by atoms with Gasteiger partial charge in [-0.3, -0.25) is 4.79 Å². The molecule has 2 nitrogen and oxygen atoms in total. The highest BCUT2D eigenvalue weighted by Crippen LogP contribution is 2.35. The van der Waals surface area contributed by atoms with Crippen LogP contribution < -0.4 is 0 Å². The molecule has 0 spiro atoms. The number of carbonyl (C=O) groups is 1. The molecule has 1 atom stereocenters. The van der Waals surface area contributed by atoms with Crippen LogP contribution in [0.3, 0.4) is 0 Å². The second kappa shape index (κ2) is 5.96. The molecule has 106 valence electrons. The molecule has 0 N–H and O–H groups in total. The zero-order valence-corrected chi connectivity index (χ0v) is 14.3. The summed E-state index contributed by atoms with van der Waals surface area (Å²) in [5.74, 6) is 0.966. The third-order valence-corrected chi connectivity index (χ3v) is 5.62. The lowest BCUT2D eigenvalue weighted by atomic mass is 9.77. The summed E-state index contributed by atoms with van der Waals surface area (Å²) in [5, 5.41) is 0. The van der Waals surface area contributed by atoms with Gasteiger partial charge in [-0.1, -0.05) is 20.8 Å². The quantitative estimate of drug-likeness (QED) is 0.762. The molecule has 0 bridgehead atoms. The van der Waals surface area contributed by atoms with Crippen molar-refractivity contribution in [1.29, 1.82) is 0 Å². The molecule has 1 fully saturated rings. The molecule has 0 radical (unpaired) electrons. The van der Waals surface area contributed by atoms with Crippen LogP contribution >= 0.6 is 27.3 Å². The molecular weight excluding hydrogens is 322 g/mol. The monoisotopic (exact) mass is 343 g/mol. The first kappa shape index (κ1) is 15.0. The van der Waals surface area contributed by atoms with Gasteiger partial charge >= 0.3 is 0 Å². The van der Waals surface area contributed by atoms with Crippen LogP contribution in [-0.4, -0.2) is 17.4 Å². The van der Waals surface area contributed by atoms with Crippen LogP contribution in [0.2, 0.25) is 0 Å². The summed E-state index contributed by atoms with van der Waals surface area (Å²) in [6.45, 7) is 8.53. The van der Waals surface area contributed by atoms with Gasteiger partial charge in [0.1, 0.15) is 0 Å². The lowest BCUT2D eigenvalue weighted by molar-refractivity contribution is -0.131. The van der Waals surface area contributed by atoms with Crippen molar-refractivity contribution in [2.75, 3.05) is 6.54 Å². The van der Waals surface area contributed by atoms with Gasteiger partial charge in [0, 0.05) is 17.8 Å². The number of halogens is 1. The van der Waals surface area contributed by atoms with E-state index in [1.54, 1.807) is 11.3 Å². The van der Waals surface area contributed by atoms with E-state index in [1.165, 1.54) is 4.88 Å². The third-order valence-electron chi connectivity index (χ3n) is 4.01. The maximum Gasteiger partial charge on any atom is 0.222 e. The van der Waals surface area contributed by atoms with Crippen LogP contribution in [0.15, 0.2) is 15.9 Å². The van der Waals surface area contributed by atoms with E-state index in [1.807, 2.05) is 4.90 Å². The lowest BCUT2D eigenvalue weighted by Crippen LogP contribution is -2.29. The van der Waals surface area contributed by atoms with Gasteiger partial charge in [-0.25, -0.2) is 0 Å². The van der Waals surface area contributed by atoms with Gasteiger partial charge in [0.15, 0.2) is 0 Å². The van der Waals surface area contributed by atoms with Crippen LogP contribution in [0.4, 0.5) is 0 Å². The maximum atomic E-state index is 12.2. The van der Waals surface area contributed by atoms with Crippen LogP contribution in [0, 0.1) is 11.3 Å². The Morgan fingerprint density at radius 2 is 2.11 bits per heavy atom. The van der Waals surface area contributed by atoms with Crippen molar-refractivity contribution < 1.29 is 4.79 Å². The van der Waals surface area contributed by atoms with Crippen LogP contribution in [0.25, 0.3) is 0 Å². The van der Waals surface area contributed by atoms with E-state index in [0.717, 1.165) is 29.7 Å². The van der Waals surface area contributed by atoms with Gasteiger partial charge in [0.05, 0.1) is 10.3 Å². The first-order valence-electron chi connectivity index (χ1n) is 6.88. The largest absolute Gasteiger partial charge is 0.338 e. The summed E-state index contributed by atoms with van der Waals surface area (Å²) in [4.78, 5) is 15.5. The molecule has 1 saturated heterocycles. The molecule has 1 aliphatic heterocycles. The molecule has 1 amide bonds. The lowest BCUT2D eigenvalue weighted by Gasteiger charge is -2.29. The highest BCUT2D eigenvalue weighted by Gasteiger charge is 2.29. The standard InChI is InChI=1S/C15H22BrNOS/c1-15(2,3)11-4-7-14(18)17(9-8-11)10-12-5-6-13(16)19-12/h5-6,11H,4,7-10H2,1-3H3. The number of carbonyl (C=O) groups excluding carboxylic acids is 1. The van der Waals surface area contributed by atoms with Crippen molar-refractivity contribution >= 4 is 33.2 Å². The third kappa shape index (κ3) is 4.06. The molecule has 2 rings (SSSR count). The summed E-state index contributed by atoms with van der Waals surface area (Å²) in [7, 11) is 0. The molecule has 0 aromatic carbocycles. The summed E-state index contributed by atoms with van der Waals surface area (Å²) >= 11 is 5.20. The summed E-state index contributed by atoms with van der Waals surface area (Å²) in [6.07, 6.45) is 2.86. The van der Waals surface area contributed by atoms with Crippen molar-refractivity contribution in [2.24, 2.45) is 11.3 Å². The van der Waals surface area contributed by atoms with Crippen molar-refractivity contribution in [2.45, 2.75) is 46.6 Å². The number of nitrogens with zero attached hydrogens (tertiary/aromatic N) is 1. The Hall–Kier alpha value is -0.350. The van der Waals surface area contributed by atoms with E-state index in [9.17, 15) is 4.79 Å². The van der Waals surface area contributed by atoms with E-state index >= 15 is 0 Å². The van der Waals surface area contributed by atoms with Crippen LogP contribution in [0.5, 0.6) is 0 Å². The van der Waals surface area contributed by atoms with Crippen molar-refractivity contribution in [3.8, 4) is 0 Å². The normalized spacial score (nSPS) is 21.6. The van der Waals surface area contributed by atoms with Crippen molar-refractivity contribution in [3.05, 3.63) is 20.8 Å². The minimum Gasteiger partial charge on any atom is -0.338 e. The predicted molar refractivity (Wildman–Crippen MR) is 84.2 cm³/mol. The van der Waals surface area contributed by atoms with Crippen LogP contribution in [-0.2, 0) is 11.3 Å². The van der Waals surface area contributed by atoms with Gasteiger partial charge in [0.2, 0.25) is 5.91 Å². The fourth-order valence-corrected chi connectivity index (χ4v) is 4.19. The fourth-order valence-electron chi connectivity index (χ4n) is 2.69. The first-order chi connectivity index (χ1) is 8.86. The van der Waals surface area contributed by atoms with Gasteiger partial charge in [0.25, 0.3) is 0 Å².